The van der Waals surface area contributed by atoms with E-state index in [1.165, 1.54) is 0 Å². The summed E-state index contributed by atoms with van der Waals surface area (Å²) in [6.07, 6.45) is 1.54. The lowest BCUT2D eigenvalue weighted by molar-refractivity contribution is 0.0950. The number of nitrogens with one attached hydrogen (secondary N) is 2. The number of para-hydroxylation sites is 1. The van der Waals surface area contributed by atoms with E-state index in [2.05, 4.69) is 20.7 Å². The smallest absolute Gasteiger partial charge is 0.291 e. The van der Waals surface area contributed by atoms with Gasteiger partial charge in [0, 0.05) is 11.3 Å². The number of hydrogen-bond acceptors (Lipinski definition) is 4. The number of aromatic amines is 1. The van der Waals surface area contributed by atoms with Gasteiger partial charge in [0.1, 0.15) is 5.75 Å². The highest BCUT2D eigenvalue weighted by Gasteiger charge is 2.07. The van der Waals surface area contributed by atoms with E-state index < -0.39 is 0 Å². The summed E-state index contributed by atoms with van der Waals surface area (Å²) in [5.74, 6) is 0.364. The molecule has 0 aliphatic heterocycles. The van der Waals surface area contributed by atoms with Crippen LogP contribution in [-0.4, -0.2) is 28.9 Å². The highest BCUT2D eigenvalue weighted by atomic mass is 16.5. The molecule has 0 fully saturated rings. The fraction of sp³-hybridized carbons (Fsp3) is 0.214. The topological polar surface area (TPSA) is 79.4 Å². The number of rotatable bonds is 5. The number of amides is 1. The molecule has 2 rings (SSSR count). The highest BCUT2D eigenvalue weighted by Crippen LogP contribution is 2.15. The van der Waals surface area contributed by atoms with E-state index in [9.17, 15) is 4.79 Å². The van der Waals surface area contributed by atoms with Crippen LogP contribution in [0.4, 0.5) is 0 Å². The van der Waals surface area contributed by atoms with Crippen LogP contribution in [0, 0.1) is 6.92 Å². The lowest BCUT2D eigenvalue weighted by atomic mass is 10.2. The third-order valence-electron chi connectivity index (χ3n) is 2.53. The summed E-state index contributed by atoms with van der Waals surface area (Å²) in [6.45, 7) is 4.31. The van der Waals surface area contributed by atoms with E-state index in [1.807, 2.05) is 38.1 Å². The summed E-state index contributed by atoms with van der Waals surface area (Å²) in [4.78, 5) is 11.7. The van der Waals surface area contributed by atoms with Crippen LogP contribution in [0.25, 0.3) is 0 Å². The van der Waals surface area contributed by atoms with E-state index in [1.54, 1.807) is 12.3 Å². The zero-order valence-corrected chi connectivity index (χ0v) is 11.4. The average Bonchev–Trinajstić information content (AvgIpc) is 2.88. The monoisotopic (exact) mass is 272 g/mol. The molecule has 0 radical (unpaired) electrons. The molecule has 0 saturated heterocycles. The summed E-state index contributed by atoms with van der Waals surface area (Å²) in [7, 11) is 0. The third kappa shape index (κ3) is 3.44. The second-order valence-corrected chi connectivity index (χ2v) is 4.11. The molecule has 0 spiro atoms. The van der Waals surface area contributed by atoms with Crippen LogP contribution in [0.5, 0.6) is 5.75 Å². The Morgan fingerprint density at radius 3 is 3.00 bits per heavy atom. The normalized spacial score (nSPS) is 10.7. The van der Waals surface area contributed by atoms with Gasteiger partial charge in [0.05, 0.1) is 12.8 Å². The molecular weight excluding hydrogens is 256 g/mol. The maximum atomic E-state index is 11.7. The molecule has 104 valence electrons. The summed E-state index contributed by atoms with van der Waals surface area (Å²) < 4.78 is 5.46. The van der Waals surface area contributed by atoms with Gasteiger partial charge in [-0.15, -0.1) is 0 Å². The van der Waals surface area contributed by atoms with Crippen molar-refractivity contribution in [1.82, 2.24) is 15.6 Å². The van der Waals surface area contributed by atoms with Crippen molar-refractivity contribution in [3.8, 4) is 5.75 Å². The molecule has 0 bridgehead atoms. The van der Waals surface area contributed by atoms with Crippen LogP contribution >= 0.6 is 0 Å². The number of H-pyrrole nitrogens is 1. The molecule has 0 unspecified atom stereocenters. The van der Waals surface area contributed by atoms with Gasteiger partial charge in [0.25, 0.3) is 5.91 Å². The summed E-state index contributed by atoms with van der Waals surface area (Å²) in [5, 5.41) is 10.5. The summed E-state index contributed by atoms with van der Waals surface area (Å²) in [5.41, 5.74) is 4.35. The number of carbonyl (C=O) groups excluding carboxylic acids is 1. The fourth-order valence-corrected chi connectivity index (χ4v) is 1.63. The fourth-order valence-electron chi connectivity index (χ4n) is 1.63. The van der Waals surface area contributed by atoms with E-state index in [4.69, 9.17) is 4.74 Å². The maximum absolute atomic E-state index is 11.7. The Balaban J connectivity index is 2.01. The minimum absolute atomic E-state index is 0.303. The van der Waals surface area contributed by atoms with Crippen LogP contribution in [0.1, 0.15) is 28.7 Å². The lowest BCUT2D eigenvalue weighted by Crippen LogP contribution is -2.18. The van der Waals surface area contributed by atoms with Crippen LogP contribution in [0.2, 0.25) is 0 Å². The predicted octanol–water partition coefficient (Wildman–Crippen LogP) is 1.88. The van der Waals surface area contributed by atoms with Gasteiger partial charge in [-0.1, -0.05) is 12.1 Å². The Kier molecular flexibility index (Phi) is 4.49. The predicted molar refractivity (Wildman–Crippen MR) is 76.0 cm³/mol. The van der Waals surface area contributed by atoms with Crippen LogP contribution in [0.3, 0.4) is 0 Å². The number of aromatic nitrogens is 2. The van der Waals surface area contributed by atoms with Gasteiger partial charge in [-0.3, -0.25) is 9.89 Å². The van der Waals surface area contributed by atoms with Crippen LogP contribution in [0.15, 0.2) is 35.4 Å². The SMILES string of the molecule is CCOc1ccccc1/C=N/NC(=O)c1cc(C)[nH]n1. The Hall–Kier alpha value is -2.63. The number of nitrogens with zero attached hydrogens (tertiary/aromatic N) is 2. The first kappa shape index (κ1) is 13.8. The lowest BCUT2D eigenvalue weighted by Gasteiger charge is -2.05. The molecule has 2 aromatic rings. The summed E-state index contributed by atoms with van der Waals surface area (Å²) >= 11 is 0. The molecule has 0 aliphatic carbocycles. The van der Waals surface area contributed by atoms with E-state index in [-0.39, 0.29) is 5.91 Å². The molecule has 20 heavy (non-hydrogen) atoms. The summed E-state index contributed by atoms with van der Waals surface area (Å²) in [6, 6.07) is 9.12. The number of hydrazone groups is 1. The second kappa shape index (κ2) is 6.51. The highest BCUT2D eigenvalue weighted by molar-refractivity contribution is 5.93. The minimum Gasteiger partial charge on any atom is -0.493 e. The molecule has 0 aliphatic rings. The number of ether oxygens (including phenoxy) is 1. The van der Waals surface area contributed by atoms with Crippen molar-refractivity contribution in [3.05, 3.63) is 47.3 Å². The van der Waals surface area contributed by atoms with Gasteiger partial charge in [-0.25, -0.2) is 5.43 Å². The van der Waals surface area contributed by atoms with Crippen LogP contribution < -0.4 is 10.2 Å². The van der Waals surface area contributed by atoms with Gasteiger partial charge in [0.2, 0.25) is 0 Å². The molecule has 0 saturated carbocycles. The number of benzene rings is 1. The second-order valence-electron chi connectivity index (χ2n) is 4.11. The third-order valence-corrected chi connectivity index (χ3v) is 2.53. The molecule has 6 nitrogen and oxygen atoms in total. The molecule has 1 heterocycles. The largest absolute Gasteiger partial charge is 0.493 e. The van der Waals surface area contributed by atoms with Crippen molar-refractivity contribution >= 4 is 12.1 Å². The van der Waals surface area contributed by atoms with Crippen molar-refractivity contribution in [2.75, 3.05) is 6.61 Å². The van der Waals surface area contributed by atoms with Gasteiger partial charge >= 0.3 is 0 Å². The van der Waals surface area contributed by atoms with Crippen molar-refractivity contribution < 1.29 is 9.53 Å². The maximum Gasteiger partial charge on any atom is 0.291 e. The molecule has 1 aromatic heterocycles. The van der Waals surface area contributed by atoms with E-state index in [0.29, 0.717) is 12.3 Å². The number of hydrogen-bond donors (Lipinski definition) is 2. The van der Waals surface area contributed by atoms with Gasteiger partial charge in [0.15, 0.2) is 5.69 Å². The van der Waals surface area contributed by atoms with E-state index >= 15 is 0 Å². The minimum atomic E-state index is -0.362. The first-order chi connectivity index (χ1) is 9.70. The van der Waals surface area contributed by atoms with Crippen LogP contribution in [-0.2, 0) is 0 Å². The average molecular weight is 272 g/mol. The van der Waals surface area contributed by atoms with Gasteiger partial charge in [-0.2, -0.15) is 10.2 Å². The van der Waals surface area contributed by atoms with Gasteiger partial charge < -0.3 is 4.74 Å². The molecule has 1 aromatic carbocycles. The quantitative estimate of drug-likeness (QED) is 0.644. The standard InChI is InChI=1S/C14H16N4O2/c1-3-20-13-7-5-4-6-11(13)9-15-18-14(19)12-8-10(2)16-17-12/h4-9H,3H2,1-2H3,(H,16,17)(H,18,19)/b15-9+. The molecule has 0 atom stereocenters. The van der Waals surface area contributed by atoms with Gasteiger partial charge in [-0.05, 0) is 32.0 Å². The van der Waals surface area contributed by atoms with Crippen molar-refractivity contribution in [3.63, 3.8) is 0 Å². The number of aryl methyl sites for hydroxylation is 1. The molecule has 1 amide bonds. The molecular formula is C14H16N4O2. The Morgan fingerprint density at radius 1 is 1.50 bits per heavy atom. The Morgan fingerprint density at radius 2 is 2.30 bits per heavy atom. The number of carbonyl (C=O) groups is 1. The zero-order chi connectivity index (χ0) is 14.4. The Labute approximate surface area is 116 Å². The molecule has 6 heteroatoms. The van der Waals surface area contributed by atoms with Crippen molar-refractivity contribution in [2.45, 2.75) is 13.8 Å². The Bertz CT molecular complexity index is 619. The van der Waals surface area contributed by atoms with Crippen molar-refractivity contribution in [1.29, 1.82) is 0 Å². The first-order valence-corrected chi connectivity index (χ1v) is 6.28. The zero-order valence-electron chi connectivity index (χ0n) is 11.4. The molecule has 2 N–H and O–H groups in total. The van der Waals surface area contributed by atoms with E-state index in [0.717, 1.165) is 17.0 Å². The first-order valence-electron chi connectivity index (χ1n) is 6.28. The van der Waals surface area contributed by atoms with Crippen molar-refractivity contribution in [2.24, 2.45) is 5.10 Å².